The molecule has 1 N–H and O–H groups in total. The third kappa shape index (κ3) is 6.55. The first-order valence-electron chi connectivity index (χ1n) is 8.16. The second kappa shape index (κ2) is 8.55. The van der Waals surface area contributed by atoms with Gasteiger partial charge in [-0.25, -0.2) is 13.6 Å². The van der Waals surface area contributed by atoms with E-state index in [4.69, 9.17) is 4.74 Å². The lowest BCUT2D eigenvalue weighted by Crippen LogP contribution is -2.48. The number of aliphatic hydroxyl groups excluding tert-OH is 1. The number of rotatable bonds is 8. The molecule has 5 nitrogen and oxygen atoms in total. The van der Waals surface area contributed by atoms with Gasteiger partial charge in [0.2, 0.25) is 0 Å². The van der Waals surface area contributed by atoms with E-state index in [9.17, 15) is 23.5 Å². The molecule has 0 bridgehead atoms. The normalized spacial score (nSPS) is 18.5. The summed E-state index contributed by atoms with van der Waals surface area (Å²) in [6, 6.07) is 0. The van der Waals surface area contributed by atoms with Crippen molar-refractivity contribution in [1.82, 2.24) is 0 Å². The van der Waals surface area contributed by atoms with Crippen LogP contribution in [0, 0.1) is 0 Å². The Hall–Kier alpha value is -1.50. The van der Waals surface area contributed by atoms with Crippen molar-refractivity contribution in [3.63, 3.8) is 0 Å². The van der Waals surface area contributed by atoms with Crippen LogP contribution in [0.4, 0.5) is 8.78 Å². The summed E-state index contributed by atoms with van der Waals surface area (Å²) >= 11 is 0. The SMILES string of the molecule is C=C(C)C(=O)OC1(C(O)CCC(=O)OCC(C)(F)F)CCCCC1. The Morgan fingerprint density at radius 2 is 1.88 bits per heavy atom. The largest absolute Gasteiger partial charge is 0.459 e. The molecule has 138 valence electrons. The standard InChI is InChI=1S/C17H26F2O5/c1-12(2)15(22)24-17(9-5-4-6-10-17)13(20)7-8-14(21)23-11-16(3,18)19/h13,20H,1,4-11H2,2-3H3. The van der Waals surface area contributed by atoms with E-state index in [0.29, 0.717) is 19.8 Å². The Labute approximate surface area is 141 Å². The maximum absolute atomic E-state index is 12.7. The van der Waals surface area contributed by atoms with Crippen LogP contribution in [0.1, 0.15) is 58.8 Å². The molecule has 0 saturated heterocycles. The molecule has 1 aliphatic rings. The van der Waals surface area contributed by atoms with Gasteiger partial charge >= 0.3 is 11.9 Å². The van der Waals surface area contributed by atoms with Gasteiger partial charge in [-0.2, -0.15) is 0 Å². The zero-order valence-corrected chi connectivity index (χ0v) is 14.3. The summed E-state index contributed by atoms with van der Waals surface area (Å²) in [7, 11) is 0. The lowest BCUT2D eigenvalue weighted by Gasteiger charge is -2.40. The van der Waals surface area contributed by atoms with Gasteiger partial charge in [0.05, 0.1) is 6.10 Å². The lowest BCUT2D eigenvalue weighted by molar-refractivity contribution is -0.177. The van der Waals surface area contributed by atoms with Gasteiger partial charge in [-0.15, -0.1) is 0 Å². The van der Waals surface area contributed by atoms with Gasteiger partial charge in [0.1, 0.15) is 5.60 Å². The average molecular weight is 348 g/mol. The molecule has 0 aromatic rings. The van der Waals surface area contributed by atoms with E-state index in [1.165, 1.54) is 6.92 Å². The van der Waals surface area contributed by atoms with Crippen LogP contribution in [-0.2, 0) is 19.1 Å². The average Bonchev–Trinajstić information content (AvgIpc) is 2.50. The van der Waals surface area contributed by atoms with Crippen molar-refractivity contribution in [3.8, 4) is 0 Å². The molecule has 0 heterocycles. The van der Waals surface area contributed by atoms with Crippen LogP contribution in [0.3, 0.4) is 0 Å². The molecule has 0 aromatic carbocycles. The summed E-state index contributed by atoms with van der Waals surface area (Å²) in [6.07, 6.45) is 2.27. The topological polar surface area (TPSA) is 72.8 Å². The minimum absolute atomic E-state index is 0.0163. The van der Waals surface area contributed by atoms with E-state index >= 15 is 0 Å². The molecule has 0 amide bonds. The van der Waals surface area contributed by atoms with E-state index < -0.39 is 36.2 Å². The van der Waals surface area contributed by atoms with Crippen LogP contribution < -0.4 is 0 Å². The van der Waals surface area contributed by atoms with E-state index in [1.54, 1.807) is 0 Å². The van der Waals surface area contributed by atoms with Crippen molar-refractivity contribution in [2.45, 2.75) is 76.4 Å². The maximum atomic E-state index is 12.7. The van der Waals surface area contributed by atoms with Crippen LogP contribution in [0.25, 0.3) is 0 Å². The summed E-state index contributed by atoms with van der Waals surface area (Å²) in [4.78, 5) is 23.4. The molecule has 1 fully saturated rings. The van der Waals surface area contributed by atoms with Crippen LogP contribution >= 0.6 is 0 Å². The van der Waals surface area contributed by atoms with E-state index in [1.807, 2.05) is 0 Å². The molecule has 1 rings (SSSR count). The first kappa shape index (κ1) is 20.5. The zero-order valence-electron chi connectivity index (χ0n) is 14.3. The van der Waals surface area contributed by atoms with Crippen LogP contribution in [0.5, 0.6) is 0 Å². The number of ether oxygens (including phenoxy) is 2. The Bertz CT molecular complexity index is 464. The number of carbonyl (C=O) groups excluding carboxylic acids is 2. The maximum Gasteiger partial charge on any atom is 0.333 e. The monoisotopic (exact) mass is 348 g/mol. The highest BCUT2D eigenvalue weighted by Gasteiger charge is 2.42. The number of alkyl halides is 2. The fraction of sp³-hybridized carbons (Fsp3) is 0.765. The minimum Gasteiger partial charge on any atom is -0.459 e. The van der Waals surface area contributed by atoms with E-state index in [-0.39, 0.29) is 18.4 Å². The number of halogens is 2. The van der Waals surface area contributed by atoms with Crippen molar-refractivity contribution >= 4 is 11.9 Å². The quantitative estimate of drug-likeness (QED) is 0.539. The number of carbonyl (C=O) groups is 2. The number of aliphatic hydroxyl groups is 1. The van der Waals surface area contributed by atoms with Gasteiger partial charge in [-0.05, 0) is 39.0 Å². The molecule has 7 heteroatoms. The lowest BCUT2D eigenvalue weighted by atomic mass is 9.79. The summed E-state index contributed by atoms with van der Waals surface area (Å²) in [5, 5.41) is 10.5. The fourth-order valence-corrected chi connectivity index (χ4v) is 2.72. The predicted octanol–water partition coefficient (Wildman–Crippen LogP) is 3.15. The molecule has 1 aliphatic carbocycles. The van der Waals surface area contributed by atoms with Gasteiger partial charge in [0.15, 0.2) is 6.61 Å². The summed E-state index contributed by atoms with van der Waals surface area (Å²) in [6.45, 7) is 4.72. The Morgan fingerprint density at radius 1 is 1.29 bits per heavy atom. The van der Waals surface area contributed by atoms with Crippen molar-refractivity contribution in [3.05, 3.63) is 12.2 Å². The number of esters is 2. The summed E-state index contributed by atoms with van der Waals surface area (Å²) in [5.41, 5.74) is -0.819. The van der Waals surface area contributed by atoms with Gasteiger partial charge in [0, 0.05) is 18.9 Å². The molecule has 1 saturated carbocycles. The minimum atomic E-state index is -3.09. The Morgan fingerprint density at radius 3 is 2.38 bits per heavy atom. The van der Waals surface area contributed by atoms with Crippen molar-refractivity contribution in [1.29, 1.82) is 0 Å². The fourth-order valence-electron chi connectivity index (χ4n) is 2.72. The second-order valence-electron chi connectivity index (χ2n) is 6.58. The highest BCUT2D eigenvalue weighted by atomic mass is 19.3. The van der Waals surface area contributed by atoms with Gasteiger partial charge < -0.3 is 14.6 Å². The van der Waals surface area contributed by atoms with Crippen molar-refractivity contribution < 1.29 is 33.0 Å². The van der Waals surface area contributed by atoms with Crippen LogP contribution in [-0.4, -0.2) is 41.3 Å². The highest BCUT2D eigenvalue weighted by Crippen LogP contribution is 2.37. The molecule has 0 spiro atoms. The van der Waals surface area contributed by atoms with E-state index in [0.717, 1.165) is 19.3 Å². The molecule has 1 unspecified atom stereocenters. The molecule has 0 aromatic heterocycles. The first-order valence-corrected chi connectivity index (χ1v) is 8.16. The molecule has 24 heavy (non-hydrogen) atoms. The number of hydrogen-bond donors (Lipinski definition) is 1. The van der Waals surface area contributed by atoms with Crippen molar-refractivity contribution in [2.75, 3.05) is 6.61 Å². The van der Waals surface area contributed by atoms with E-state index in [2.05, 4.69) is 11.3 Å². The van der Waals surface area contributed by atoms with Crippen molar-refractivity contribution in [2.24, 2.45) is 0 Å². The Kier molecular flexibility index (Phi) is 7.32. The summed E-state index contributed by atoms with van der Waals surface area (Å²) < 4.78 is 35.3. The van der Waals surface area contributed by atoms with Gasteiger partial charge in [0.25, 0.3) is 5.92 Å². The molecule has 0 aliphatic heterocycles. The third-order valence-electron chi connectivity index (χ3n) is 4.06. The molecule has 0 radical (unpaired) electrons. The van der Waals surface area contributed by atoms with Gasteiger partial charge in [-0.3, -0.25) is 4.79 Å². The van der Waals surface area contributed by atoms with Crippen LogP contribution in [0.2, 0.25) is 0 Å². The summed E-state index contributed by atoms with van der Waals surface area (Å²) in [5.74, 6) is -4.48. The smallest absolute Gasteiger partial charge is 0.333 e. The molecule has 1 atom stereocenters. The Balaban J connectivity index is 2.61. The second-order valence-corrected chi connectivity index (χ2v) is 6.58. The van der Waals surface area contributed by atoms with Gasteiger partial charge in [-0.1, -0.05) is 13.0 Å². The highest BCUT2D eigenvalue weighted by molar-refractivity contribution is 5.87. The number of hydrogen-bond acceptors (Lipinski definition) is 5. The molecular weight excluding hydrogens is 322 g/mol. The van der Waals surface area contributed by atoms with Crippen LogP contribution in [0.15, 0.2) is 12.2 Å². The zero-order chi connectivity index (χ0) is 18.4. The third-order valence-corrected chi connectivity index (χ3v) is 4.06. The predicted molar refractivity (Wildman–Crippen MR) is 83.5 cm³/mol. The first-order chi connectivity index (χ1) is 11.1. The molecular formula is C17H26F2O5.